The number of carbonyl (C=O) groups is 1. The monoisotopic (exact) mass is 459 g/mol. The number of hydrogen-bond donors (Lipinski definition) is 1. The molecule has 0 unspecified atom stereocenters. The second-order valence-corrected chi connectivity index (χ2v) is 8.01. The van der Waals surface area contributed by atoms with E-state index in [0.717, 1.165) is 24.5 Å². The zero-order valence-corrected chi connectivity index (χ0v) is 18.5. The normalized spacial score (nSPS) is 15.0. The van der Waals surface area contributed by atoms with Gasteiger partial charge in [0.05, 0.1) is 12.2 Å². The second kappa shape index (κ2) is 10.00. The van der Waals surface area contributed by atoms with Crippen LogP contribution in [-0.4, -0.2) is 57.7 Å². The van der Waals surface area contributed by atoms with Crippen molar-refractivity contribution in [3.63, 3.8) is 0 Å². The molecule has 1 fully saturated rings. The molecule has 0 atom stereocenters. The van der Waals surface area contributed by atoms with Crippen LogP contribution in [0.3, 0.4) is 0 Å². The molecular weight excluding hydrogens is 437 g/mol. The van der Waals surface area contributed by atoms with E-state index in [4.69, 9.17) is 50.4 Å². The van der Waals surface area contributed by atoms with E-state index in [0.29, 0.717) is 60.7 Å². The van der Waals surface area contributed by atoms with Crippen LogP contribution in [0.2, 0.25) is 10.0 Å². The number of aromatic nitrogens is 2. The van der Waals surface area contributed by atoms with Crippen molar-refractivity contribution in [1.29, 1.82) is 0 Å². The number of hydrogen-bond acceptors (Lipinski definition) is 5. The Bertz CT molecular complexity index is 846. The van der Waals surface area contributed by atoms with E-state index in [9.17, 15) is 4.79 Å². The first-order valence-corrected chi connectivity index (χ1v) is 10.6. The van der Waals surface area contributed by atoms with Crippen molar-refractivity contribution >= 4 is 40.2 Å². The van der Waals surface area contributed by atoms with Gasteiger partial charge in [0.1, 0.15) is 11.4 Å². The predicted octanol–water partition coefficient (Wildman–Crippen LogP) is 3.98. The SMILES string of the molecule is CCc1nn(CCN)c(CN2CCN(C(=O)Cl)CC2)c1Oc1cc(Cl)cc(Cl)c1. The first kappa shape index (κ1) is 22.2. The van der Waals surface area contributed by atoms with Crippen molar-refractivity contribution in [3.8, 4) is 11.5 Å². The molecule has 1 aromatic heterocycles. The average Bonchev–Trinajstić information content (AvgIpc) is 2.98. The Morgan fingerprint density at radius 2 is 1.83 bits per heavy atom. The van der Waals surface area contributed by atoms with E-state index in [2.05, 4.69) is 4.90 Å². The number of piperazine rings is 1. The smallest absolute Gasteiger partial charge is 0.316 e. The van der Waals surface area contributed by atoms with Crippen LogP contribution in [0.4, 0.5) is 4.79 Å². The number of nitrogens with zero attached hydrogens (tertiary/aromatic N) is 4. The largest absolute Gasteiger partial charge is 0.453 e. The fraction of sp³-hybridized carbons (Fsp3) is 0.474. The van der Waals surface area contributed by atoms with Gasteiger partial charge in [-0.05, 0) is 36.2 Å². The first-order valence-electron chi connectivity index (χ1n) is 9.50. The van der Waals surface area contributed by atoms with Gasteiger partial charge in [0, 0.05) is 49.3 Å². The van der Waals surface area contributed by atoms with Gasteiger partial charge >= 0.3 is 5.37 Å². The highest BCUT2D eigenvalue weighted by Crippen LogP contribution is 2.34. The molecule has 158 valence electrons. The number of rotatable bonds is 7. The highest BCUT2D eigenvalue weighted by Gasteiger charge is 2.25. The lowest BCUT2D eigenvalue weighted by molar-refractivity contribution is 0.145. The quantitative estimate of drug-likeness (QED) is 0.499. The zero-order chi connectivity index (χ0) is 21.0. The fourth-order valence-corrected chi connectivity index (χ4v) is 4.02. The molecule has 0 saturated carbocycles. The topological polar surface area (TPSA) is 76.6 Å². The van der Waals surface area contributed by atoms with Crippen molar-refractivity contribution in [1.82, 2.24) is 19.6 Å². The molecule has 0 spiro atoms. The highest BCUT2D eigenvalue weighted by molar-refractivity contribution is 6.62. The number of halogens is 3. The Kier molecular flexibility index (Phi) is 7.65. The molecule has 1 aromatic carbocycles. The van der Waals surface area contributed by atoms with Gasteiger partial charge in [-0.2, -0.15) is 5.10 Å². The predicted molar refractivity (Wildman–Crippen MR) is 115 cm³/mol. The lowest BCUT2D eigenvalue weighted by Crippen LogP contribution is -2.46. The van der Waals surface area contributed by atoms with Crippen LogP contribution in [-0.2, 0) is 19.5 Å². The first-order chi connectivity index (χ1) is 13.9. The summed E-state index contributed by atoms with van der Waals surface area (Å²) in [5, 5.41) is 5.30. The van der Waals surface area contributed by atoms with Crippen molar-refractivity contribution in [3.05, 3.63) is 39.6 Å². The van der Waals surface area contributed by atoms with Gasteiger partial charge in [-0.3, -0.25) is 14.4 Å². The third-order valence-corrected chi connectivity index (χ3v) is 5.48. The Labute approximate surface area is 185 Å². The van der Waals surface area contributed by atoms with E-state index in [1.165, 1.54) is 0 Å². The molecule has 0 aliphatic carbocycles. The Hall–Kier alpha value is -1.51. The molecule has 1 amide bonds. The van der Waals surface area contributed by atoms with Gasteiger partial charge in [0.15, 0.2) is 5.75 Å². The van der Waals surface area contributed by atoms with Crippen LogP contribution in [0.1, 0.15) is 18.3 Å². The van der Waals surface area contributed by atoms with Gasteiger partial charge < -0.3 is 15.4 Å². The number of amides is 1. The summed E-state index contributed by atoms with van der Waals surface area (Å²) >= 11 is 17.8. The molecule has 7 nitrogen and oxygen atoms in total. The summed E-state index contributed by atoms with van der Waals surface area (Å²) in [6, 6.07) is 5.11. The number of nitrogens with two attached hydrogens (primary N) is 1. The maximum Gasteiger partial charge on any atom is 0.316 e. The van der Waals surface area contributed by atoms with E-state index in [-0.39, 0.29) is 0 Å². The summed E-state index contributed by atoms with van der Waals surface area (Å²) in [7, 11) is 0. The minimum atomic E-state index is -0.409. The number of aryl methyl sites for hydroxylation is 1. The molecule has 29 heavy (non-hydrogen) atoms. The molecule has 3 rings (SSSR count). The minimum absolute atomic E-state index is 0.409. The van der Waals surface area contributed by atoms with Crippen LogP contribution < -0.4 is 10.5 Å². The van der Waals surface area contributed by atoms with Crippen LogP contribution >= 0.6 is 34.8 Å². The number of ether oxygens (including phenoxy) is 1. The molecular formula is C19H24Cl3N5O2. The van der Waals surface area contributed by atoms with Gasteiger partial charge in [-0.25, -0.2) is 0 Å². The highest BCUT2D eigenvalue weighted by atomic mass is 35.5. The van der Waals surface area contributed by atoms with Crippen molar-refractivity contribution < 1.29 is 9.53 Å². The molecule has 2 N–H and O–H groups in total. The lowest BCUT2D eigenvalue weighted by Gasteiger charge is -2.33. The fourth-order valence-electron chi connectivity index (χ4n) is 3.34. The maximum absolute atomic E-state index is 11.4. The van der Waals surface area contributed by atoms with Crippen LogP contribution in [0.15, 0.2) is 18.2 Å². The van der Waals surface area contributed by atoms with Gasteiger partial charge in [0.25, 0.3) is 0 Å². The molecule has 2 heterocycles. The third kappa shape index (κ3) is 5.55. The summed E-state index contributed by atoms with van der Waals surface area (Å²) < 4.78 is 8.12. The average molecular weight is 461 g/mol. The summed E-state index contributed by atoms with van der Waals surface area (Å²) in [6.45, 7) is 6.33. The Balaban J connectivity index is 1.87. The van der Waals surface area contributed by atoms with E-state index in [1.54, 1.807) is 23.1 Å². The molecule has 1 saturated heterocycles. The van der Waals surface area contributed by atoms with E-state index >= 15 is 0 Å². The van der Waals surface area contributed by atoms with Crippen LogP contribution in [0, 0.1) is 0 Å². The summed E-state index contributed by atoms with van der Waals surface area (Å²) in [5.74, 6) is 1.26. The molecule has 0 radical (unpaired) electrons. The summed E-state index contributed by atoms with van der Waals surface area (Å²) in [6.07, 6.45) is 0.711. The number of benzene rings is 1. The molecule has 1 aliphatic rings. The van der Waals surface area contributed by atoms with Gasteiger partial charge in [-0.15, -0.1) is 0 Å². The van der Waals surface area contributed by atoms with Crippen LogP contribution in [0.5, 0.6) is 11.5 Å². The Morgan fingerprint density at radius 1 is 1.17 bits per heavy atom. The molecule has 0 bridgehead atoms. The standard InChI is InChI=1S/C19H24Cl3N5O2/c1-2-16-18(29-15-10-13(20)9-14(21)11-15)17(27(24-16)4-3-23)12-25-5-7-26(8-6-25)19(22)28/h9-11H,2-8,12,23H2,1H3. The molecule has 2 aromatic rings. The summed E-state index contributed by atoms with van der Waals surface area (Å²) in [5.41, 5.74) is 7.58. The molecule has 10 heteroatoms. The van der Waals surface area contributed by atoms with E-state index < -0.39 is 5.37 Å². The lowest BCUT2D eigenvalue weighted by atomic mass is 10.2. The zero-order valence-electron chi connectivity index (χ0n) is 16.2. The van der Waals surface area contributed by atoms with Crippen LogP contribution in [0.25, 0.3) is 0 Å². The van der Waals surface area contributed by atoms with Crippen molar-refractivity contribution in [2.45, 2.75) is 26.4 Å². The number of carbonyl (C=O) groups excluding carboxylic acids is 1. The summed E-state index contributed by atoms with van der Waals surface area (Å²) in [4.78, 5) is 15.2. The van der Waals surface area contributed by atoms with E-state index in [1.807, 2.05) is 11.6 Å². The molecule has 1 aliphatic heterocycles. The Morgan fingerprint density at radius 3 is 2.38 bits per heavy atom. The van der Waals surface area contributed by atoms with Crippen molar-refractivity contribution in [2.75, 3.05) is 32.7 Å². The minimum Gasteiger partial charge on any atom is -0.453 e. The second-order valence-electron chi connectivity index (χ2n) is 6.81. The third-order valence-electron chi connectivity index (χ3n) is 4.80. The van der Waals surface area contributed by atoms with Crippen molar-refractivity contribution in [2.24, 2.45) is 5.73 Å². The van der Waals surface area contributed by atoms with Gasteiger partial charge in [0.2, 0.25) is 0 Å². The van der Waals surface area contributed by atoms with Gasteiger partial charge in [-0.1, -0.05) is 30.1 Å². The maximum atomic E-state index is 11.4.